The summed E-state index contributed by atoms with van der Waals surface area (Å²) < 4.78 is 41.7. The molecule has 0 amide bonds. The first-order valence-electron chi connectivity index (χ1n) is 9.34. The second-order valence-electron chi connectivity index (χ2n) is 7.12. The summed E-state index contributed by atoms with van der Waals surface area (Å²) in [7, 11) is 0. The van der Waals surface area contributed by atoms with E-state index >= 15 is 0 Å². The number of allylic oxidation sites excluding steroid dienone is 1. The van der Waals surface area contributed by atoms with Gasteiger partial charge in [-0.05, 0) is 55.9 Å². The van der Waals surface area contributed by atoms with Crippen LogP contribution in [0.3, 0.4) is 0 Å². The Balaban J connectivity index is 1.60. The summed E-state index contributed by atoms with van der Waals surface area (Å²) in [4.78, 5) is 0. The van der Waals surface area contributed by atoms with Gasteiger partial charge in [0.1, 0.15) is 0 Å². The summed E-state index contributed by atoms with van der Waals surface area (Å²) in [5.41, 5.74) is 1.28. The van der Waals surface area contributed by atoms with Gasteiger partial charge in [0, 0.05) is 10.8 Å². The Morgan fingerprint density at radius 3 is 2.04 bits per heavy atom. The number of hydrogen-bond donors (Lipinski definition) is 0. The monoisotopic (exact) mass is 388 g/mol. The van der Waals surface area contributed by atoms with Gasteiger partial charge in [0.25, 0.3) is 0 Å². The van der Waals surface area contributed by atoms with Crippen molar-refractivity contribution in [3.05, 3.63) is 48.1 Å². The lowest BCUT2D eigenvalue weighted by atomic mass is 9.79. The van der Waals surface area contributed by atoms with Crippen LogP contribution in [0.2, 0.25) is 0 Å². The molecule has 27 heavy (non-hydrogen) atoms. The van der Waals surface area contributed by atoms with E-state index in [4.69, 9.17) is 9.47 Å². The Bertz CT molecular complexity index is 1000. The lowest BCUT2D eigenvalue weighted by molar-refractivity contribution is 0.248. The number of thiophene rings is 1. The zero-order chi connectivity index (χ0) is 19.0. The summed E-state index contributed by atoms with van der Waals surface area (Å²) in [5.74, 6) is 0.213. The van der Waals surface area contributed by atoms with E-state index in [9.17, 15) is 8.78 Å². The molecule has 0 saturated heterocycles. The molecule has 2 nitrogen and oxygen atoms in total. The average molecular weight is 388 g/mol. The SMILES string of the molecule is C=C1CC(CCOc2ccc3c(sc4c(F)c(OCCC)ccc43)c2F)C1. The largest absolute Gasteiger partial charge is 0.490 e. The Labute approximate surface area is 161 Å². The maximum absolute atomic E-state index is 14.9. The van der Waals surface area contributed by atoms with E-state index < -0.39 is 11.6 Å². The Morgan fingerprint density at radius 1 is 0.963 bits per heavy atom. The number of benzene rings is 2. The van der Waals surface area contributed by atoms with Gasteiger partial charge in [-0.1, -0.05) is 19.1 Å². The smallest absolute Gasteiger partial charge is 0.182 e. The van der Waals surface area contributed by atoms with E-state index in [2.05, 4.69) is 6.58 Å². The average Bonchev–Trinajstić information content (AvgIpc) is 3.02. The number of hydrogen-bond acceptors (Lipinski definition) is 3. The van der Waals surface area contributed by atoms with E-state index in [1.165, 1.54) is 5.57 Å². The summed E-state index contributed by atoms with van der Waals surface area (Å²) in [5, 5.41) is 1.41. The van der Waals surface area contributed by atoms with Crippen LogP contribution in [-0.2, 0) is 0 Å². The fourth-order valence-corrected chi connectivity index (χ4v) is 4.69. The predicted octanol–water partition coefficient (Wildman–Crippen LogP) is 6.86. The number of fused-ring (bicyclic) bond motifs is 3. The molecule has 0 bridgehead atoms. The molecular formula is C22H22F2O2S. The van der Waals surface area contributed by atoms with Crippen LogP contribution < -0.4 is 9.47 Å². The van der Waals surface area contributed by atoms with Crippen molar-refractivity contribution in [3.8, 4) is 11.5 Å². The van der Waals surface area contributed by atoms with Crippen LogP contribution in [-0.4, -0.2) is 13.2 Å². The van der Waals surface area contributed by atoms with Crippen LogP contribution in [0.5, 0.6) is 11.5 Å². The lowest BCUT2D eigenvalue weighted by Gasteiger charge is -2.28. The molecule has 1 saturated carbocycles. The first-order valence-corrected chi connectivity index (χ1v) is 10.2. The van der Waals surface area contributed by atoms with E-state index in [0.29, 0.717) is 39.3 Å². The molecule has 142 valence electrons. The third-order valence-electron chi connectivity index (χ3n) is 5.02. The van der Waals surface area contributed by atoms with Gasteiger partial charge in [-0.15, -0.1) is 11.3 Å². The molecule has 4 rings (SSSR count). The van der Waals surface area contributed by atoms with Crippen LogP contribution in [0.15, 0.2) is 36.4 Å². The third-order valence-corrected chi connectivity index (χ3v) is 6.22. The molecule has 1 aliphatic carbocycles. The third kappa shape index (κ3) is 3.41. The van der Waals surface area contributed by atoms with Crippen LogP contribution in [0.1, 0.15) is 32.6 Å². The maximum atomic E-state index is 14.9. The second-order valence-corrected chi connectivity index (χ2v) is 8.14. The van der Waals surface area contributed by atoms with Crippen molar-refractivity contribution in [1.82, 2.24) is 0 Å². The van der Waals surface area contributed by atoms with Crippen molar-refractivity contribution in [2.75, 3.05) is 13.2 Å². The van der Waals surface area contributed by atoms with Gasteiger partial charge < -0.3 is 9.47 Å². The van der Waals surface area contributed by atoms with Crippen molar-refractivity contribution in [3.63, 3.8) is 0 Å². The maximum Gasteiger partial charge on any atom is 0.182 e. The van der Waals surface area contributed by atoms with E-state index in [-0.39, 0.29) is 11.5 Å². The number of ether oxygens (including phenoxy) is 2. The highest BCUT2D eigenvalue weighted by Crippen LogP contribution is 2.42. The van der Waals surface area contributed by atoms with Gasteiger partial charge >= 0.3 is 0 Å². The van der Waals surface area contributed by atoms with Gasteiger partial charge in [-0.25, -0.2) is 8.78 Å². The molecule has 0 atom stereocenters. The molecule has 1 aromatic heterocycles. The highest BCUT2D eigenvalue weighted by molar-refractivity contribution is 7.25. The highest BCUT2D eigenvalue weighted by atomic mass is 32.1. The zero-order valence-corrected chi connectivity index (χ0v) is 16.1. The van der Waals surface area contributed by atoms with Crippen LogP contribution in [0, 0.1) is 17.6 Å². The van der Waals surface area contributed by atoms with Crippen molar-refractivity contribution in [2.45, 2.75) is 32.6 Å². The number of halogens is 2. The summed E-state index contributed by atoms with van der Waals surface area (Å²) in [6, 6.07) is 6.87. The quantitative estimate of drug-likeness (QED) is 0.412. The normalized spacial score (nSPS) is 14.7. The Kier molecular flexibility index (Phi) is 5.04. The van der Waals surface area contributed by atoms with Gasteiger partial charge in [-0.2, -0.15) is 0 Å². The zero-order valence-electron chi connectivity index (χ0n) is 15.3. The van der Waals surface area contributed by atoms with Crippen LogP contribution in [0.4, 0.5) is 8.78 Å². The highest BCUT2D eigenvalue weighted by Gasteiger charge is 2.22. The molecular weight excluding hydrogens is 366 g/mol. The Morgan fingerprint density at radius 2 is 1.52 bits per heavy atom. The fraction of sp³-hybridized carbons (Fsp3) is 0.364. The predicted molar refractivity (Wildman–Crippen MR) is 107 cm³/mol. The van der Waals surface area contributed by atoms with Crippen molar-refractivity contribution >= 4 is 31.5 Å². The van der Waals surface area contributed by atoms with Crippen LogP contribution >= 0.6 is 11.3 Å². The summed E-state index contributed by atoms with van der Waals surface area (Å²) >= 11 is 1.11. The van der Waals surface area contributed by atoms with Gasteiger partial charge in [0.15, 0.2) is 23.1 Å². The standard InChI is InChI=1S/C22H22F2O2S/c1-3-9-25-17-6-4-15-16-5-7-18(26-10-8-14-11-13(2)12-14)20(24)22(16)27-21(15)19(17)23/h4-7,14H,2-3,8-12H2,1H3. The molecule has 0 unspecified atom stereocenters. The molecule has 0 N–H and O–H groups in total. The molecule has 0 radical (unpaired) electrons. The van der Waals surface area contributed by atoms with E-state index in [1.54, 1.807) is 18.2 Å². The van der Waals surface area contributed by atoms with Gasteiger partial charge in [0.05, 0.1) is 22.6 Å². The fourth-order valence-electron chi connectivity index (χ4n) is 3.53. The number of rotatable bonds is 7. The first-order chi connectivity index (χ1) is 13.1. The van der Waals surface area contributed by atoms with Crippen molar-refractivity contribution in [1.29, 1.82) is 0 Å². The summed E-state index contributed by atoms with van der Waals surface area (Å²) in [6.45, 7) is 6.84. The first kappa shape index (κ1) is 18.2. The van der Waals surface area contributed by atoms with Gasteiger partial charge in [-0.3, -0.25) is 0 Å². The molecule has 3 aromatic rings. The van der Waals surface area contributed by atoms with Crippen molar-refractivity contribution in [2.24, 2.45) is 5.92 Å². The molecule has 1 aliphatic rings. The van der Waals surface area contributed by atoms with Gasteiger partial charge in [0.2, 0.25) is 0 Å². The lowest BCUT2D eigenvalue weighted by Crippen LogP contribution is -2.17. The molecule has 5 heteroatoms. The minimum Gasteiger partial charge on any atom is -0.490 e. The van der Waals surface area contributed by atoms with E-state index in [1.807, 2.05) is 13.0 Å². The Hall–Kier alpha value is -2.14. The molecule has 1 heterocycles. The minimum absolute atomic E-state index is 0.217. The molecule has 0 spiro atoms. The van der Waals surface area contributed by atoms with E-state index in [0.717, 1.165) is 37.0 Å². The molecule has 1 fully saturated rings. The molecule has 2 aromatic carbocycles. The van der Waals surface area contributed by atoms with Crippen molar-refractivity contribution < 1.29 is 18.3 Å². The topological polar surface area (TPSA) is 18.5 Å². The minimum atomic E-state index is -0.422. The second kappa shape index (κ2) is 7.47. The summed E-state index contributed by atoms with van der Waals surface area (Å²) in [6.07, 6.45) is 3.79. The van der Waals surface area contributed by atoms with Crippen LogP contribution in [0.25, 0.3) is 20.2 Å². The molecule has 0 aliphatic heterocycles.